The molecule has 3 N–H and O–H groups in total. The highest BCUT2D eigenvalue weighted by atomic mass is 32.2. The van der Waals surface area contributed by atoms with Gasteiger partial charge >= 0.3 is 0 Å². The van der Waals surface area contributed by atoms with Crippen LogP contribution in [0.3, 0.4) is 0 Å². The number of rotatable bonds is 0. The van der Waals surface area contributed by atoms with Crippen LogP contribution in [-0.4, -0.2) is 25.6 Å². The SMILES string of the molecule is N[C@]12CC1C=CCCCCS(=O)(=O)NC2=O. The molecule has 1 amide bonds. The zero-order valence-electron chi connectivity index (χ0n) is 8.98. The van der Waals surface area contributed by atoms with Crippen LogP contribution >= 0.6 is 0 Å². The predicted molar refractivity (Wildman–Crippen MR) is 59.9 cm³/mol. The smallest absolute Gasteiger partial charge is 0.254 e. The summed E-state index contributed by atoms with van der Waals surface area (Å²) in [4.78, 5) is 11.7. The Bertz CT molecular complexity index is 429. The summed E-state index contributed by atoms with van der Waals surface area (Å²) < 4.78 is 25.1. The molecule has 1 unspecified atom stereocenters. The molecule has 0 saturated heterocycles. The summed E-state index contributed by atoms with van der Waals surface area (Å²) in [7, 11) is -3.50. The fraction of sp³-hybridized carbons (Fsp3) is 0.700. The Morgan fingerprint density at radius 2 is 2.19 bits per heavy atom. The second-order valence-corrected chi connectivity index (χ2v) is 6.37. The first-order valence-corrected chi connectivity index (χ1v) is 7.10. The number of hydrogen-bond donors (Lipinski definition) is 2. The third kappa shape index (κ3) is 2.27. The maximum Gasteiger partial charge on any atom is 0.254 e. The van der Waals surface area contributed by atoms with Crippen LogP contribution in [0, 0.1) is 5.92 Å². The third-order valence-electron chi connectivity index (χ3n) is 3.13. The van der Waals surface area contributed by atoms with Gasteiger partial charge in [0.15, 0.2) is 0 Å². The van der Waals surface area contributed by atoms with E-state index in [1.54, 1.807) is 0 Å². The summed E-state index contributed by atoms with van der Waals surface area (Å²) in [6, 6.07) is 0. The van der Waals surface area contributed by atoms with E-state index in [2.05, 4.69) is 4.72 Å². The molecule has 0 bridgehead atoms. The van der Waals surface area contributed by atoms with E-state index in [1.807, 2.05) is 12.2 Å². The van der Waals surface area contributed by atoms with Crippen molar-refractivity contribution >= 4 is 15.9 Å². The highest BCUT2D eigenvalue weighted by molar-refractivity contribution is 7.90. The molecule has 2 rings (SSSR count). The van der Waals surface area contributed by atoms with Gasteiger partial charge in [0.1, 0.15) is 5.54 Å². The number of carbonyl (C=O) groups is 1. The molecule has 5 nitrogen and oxygen atoms in total. The van der Waals surface area contributed by atoms with Gasteiger partial charge < -0.3 is 5.73 Å². The fourth-order valence-corrected chi connectivity index (χ4v) is 3.07. The molecule has 16 heavy (non-hydrogen) atoms. The summed E-state index contributed by atoms with van der Waals surface area (Å²) in [5.41, 5.74) is 4.82. The lowest BCUT2D eigenvalue weighted by molar-refractivity contribution is -0.121. The van der Waals surface area contributed by atoms with E-state index in [4.69, 9.17) is 5.73 Å². The van der Waals surface area contributed by atoms with Crippen molar-refractivity contribution in [1.29, 1.82) is 0 Å². The summed E-state index contributed by atoms with van der Waals surface area (Å²) in [6.07, 6.45) is 6.67. The lowest BCUT2D eigenvalue weighted by atomic mass is 10.1. The van der Waals surface area contributed by atoms with Gasteiger partial charge in [-0.3, -0.25) is 9.52 Å². The van der Waals surface area contributed by atoms with Crippen LogP contribution in [0.1, 0.15) is 25.7 Å². The molecular weight excluding hydrogens is 228 g/mol. The van der Waals surface area contributed by atoms with E-state index in [1.165, 1.54) is 0 Å². The molecule has 6 heteroatoms. The summed E-state index contributed by atoms with van der Waals surface area (Å²) in [5.74, 6) is -0.585. The second kappa shape index (κ2) is 3.85. The highest BCUT2D eigenvalue weighted by Crippen LogP contribution is 2.42. The average Bonchev–Trinajstić information content (AvgIpc) is 2.83. The number of nitrogens with one attached hydrogen (secondary N) is 1. The number of hydrogen-bond acceptors (Lipinski definition) is 4. The topological polar surface area (TPSA) is 89.3 Å². The van der Waals surface area contributed by atoms with Crippen LogP contribution in [0.25, 0.3) is 0 Å². The first-order chi connectivity index (χ1) is 7.44. The molecule has 2 aliphatic rings. The Kier molecular flexibility index (Phi) is 2.79. The molecule has 2 atom stereocenters. The maximum atomic E-state index is 11.7. The third-order valence-corrected chi connectivity index (χ3v) is 4.45. The molecule has 1 fully saturated rings. The molecule has 0 aromatic carbocycles. The monoisotopic (exact) mass is 244 g/mol. The Morgan fingerprint density at radius 1 is 1.44 bits per heavy atom. The van der Waals surface area contributed by atoms with Crippen molar-refractivity contribution in [3.63, 3.8) is 0 Å². The van der Waals surface area contributed by atoms with Crippen molar-refractivity contribution in [2.75, 3.05) is 5.75 Å². The van der Waals surface area contributed by atoms with Gasteiger partial charge in [0.2, 0.25) is 10.0 Å². The fourth-order valence-electron chi connectivity index (χ4n) is 1.91. The largest absolute Gasteiger partial charge is 0.317 e. The van der Waals surface area contributed by atoms with E-state index < -0.39 is 21.5 Å². The quantitative estimate of drug-likeness (QED) is 0.582. The van der Waals surface area contributed by atoms with Gasteiger partial charge in [-0.2, -0.15) is 0 Å². The van der Waals surface area contributed by atoms with Gasteiger partial charge in [-0.15, -0.1) is 0 Å². The molecule has 1 aliphatic carbocycles. The van der Waals surface area contributed by atoms with Crippen LogP contribution in [0.15, 0.2) is 12.2 Å². The minimum absolute atomic E-state index is 0.00662. The molecule has 1 heterocycles. The number of sulfonamides is 1. The van der Waals surface area contributed by atoms with Gasteiger partial charge in [-0.25, -0.2) is 8.42 Å². The van der Waals surface area contributed by atoms with Crippen LogP contribution in [-0.2, 0) is 14.8 Å². The molecule has 90 valence electrons. The van der Waals surface area contributed by atoms with Crippen molar-refractivity contribution in [3.05, 3.63) is 12.2 Å². The van der Waals surface area contributed by atoms with Crippen molar-refractivity contribution in [3.8, 4) is 0 Å². The molecule has 0 radical (unpaired) electrons. The van der Waals surface area contributed by atoms with E-state index in [0.717, 1.165) is 12.8 Å². The zero-order chi connectivity index (χ0) is 11.8. The van der Waals surface area contributed by atoms with Crippen molar-refractivity contribution in [2.45, 2.75) is 31.2 Å². The van der Waals surface area contributed by atoms with E-state index in [9.17, 15) is 13.2 Å². The lowest BCUT2D eigenvalue weighted by Gasteiger charge is -2.11. The number of carbonyl (C=O) groups excluding carboxylic acids is 1. The first-order valence-electron chi connectivity index (χ1n) is 5.44. The molecule has 0 aromatic rings. The average molecular weight is 244 g/mol. The summed E-state index contributed by atoms with van der Waals surface area (Å²) in [6.45, 7) is 0. The van der Waals surface area contributed by atoms with Gasteiger partial charge in [-0.05, 0) is 25.7 Å². The molecular formula is C10H16N2O3S. The molecule has 1 saturated carbocycles. The van der Waals surface area contributed by atoms with Gasteiger partial charge in [0.05, 0.1) is 5.75 Å². The zero-order valence-corrected chi connectivity index (χ0v) is 9.79. The number of fused-ring (bicyclic) bond motifs is 1. The van der Waals surface area contributed by atoms with Crippen LogP contribution in [0.5, 0.6) is 0 Å². The van der Waals surface area contributed by atoms with Gasteiger partial charge in [-0.1, -0.05) is 12.2 Å². The Hall–Kier alpha value is -0.880. The van der Waals surface area contributed by atoms with E-state index >= 15 is 0 Å². The molecule has 0 spiro atoms. The van der Waals surface area contributed by atoms with E-state index in [-0.39, 0.29) is 11.7 Å². The minimum atomic E-state index is -3.50. The van der Waals surface area contributed by atoms with Gasteiger partial charge in [0.25, 0.3) is 5.91 Å². The normalized spacial score (nSPS) is 38.1. The molecule has 1 aliphatic heterocycles. The Morgan fingerprint density at radius 3 is 2.94 bits per heavy atom. The first kappa shape index (κ1) is 11.6. The maximum absolute atomic E-state index is 11.7. The van der Waals surface area contributed by atoms with E-state index in [0.29, 0.717) is 12.8 Å². The van der Waals surface area contributed by atoms with Crippen molar-refractivity contribution in [1.82, 2.24) is 4.72 Å². The lowest BCUT2D eigenvalue weighted by Crippen LogP contribution is -2.47. The minimum Gasteiger partial charge on any atom is -0.317 e. The Balaban J connectivity index is 2.17. The predicted octanol–water partition coefficient (Wildman–Crippen LogP) is -0.110. The highest BCUT2D eigenvalue weighted by Gasteiger charge is 2.56. The number of allylic oxidation sites excluding steroid dienone is 1. The van der Waals surface area contributed by atoms with Crippen molar-refractivity contribution in [2.24, 2.45) is 11.7 Å². The van der Waals surface area contributed by atoms with Crippen LogP contribution in [0.4, 0.5) is 0 Å². The van der Waals surface area contributed by atoms with Crippen LogP contribution < -0.4 is 10.5 Å². The second-order valence-electron chi connectivity index (χ2n) is 4.52. The number of amides is 1. The van der Waals surface area contributed by atoms with Crippen LogP contribution in [0.2, 0.25) is 0 Å². The summed E-state index contributed by atoms with van der Waals surface area (Å²) in [5, 5.41) is 0. The summed E-state index contributed by atoms with van der Waals surface area (Å²) >= 11 is 0. The Labute approximate surface area is 95.1 Å². The van der Waals surface area contributed by atoms with Crippen molar-refractivity contribution < 1.29 is 13.2 Å². The van der Waals surface area contributed by atoms with Gasteiger partial charge in [0, 0.05) is 5.92 Å². The standard InChI is InChI=1S/C10H16N2O3S/c11-10-7-8(10)5-3-1-2-4-6-16(14,15)12-9(10)13/h3,5,8H,1-2,4,6-7,11H2,(H,12,13)/t8?,10-/m1/s1. The molecule has 0 aromatic heterocycles. The number of nitrogens with two attached hydrogens (primary N) is 1.